The number of ether oxygens (including phenoxy) is 1. The number of aryl methyl sites for hydroxylation is 1. The fourth-order valence-corrected chi connectivity index (χ4v) is 1.76. The van der Waals surface area contributed by atoms with E-state index in [0.717, 1.165) is 6.42 Å². The molecule has 0 saturated carbocycles. The summed E-state index contributed by atoms with van der Waals surface area (Å²) < 4.78 is 18.7. The Morgan fingerprint density at radius 1 is 1.23 bits per heavy atom. The van der Waals surface area contributed by atoms with E-state index in [-0.39, 0.29) is 6.61 Å². The summed E-state index contributed by atoms with van der Waals surface area (Å²) in [5, 5.41) is 3.70. The summed E-state index contributed by atoms with van der Waals surface area (Å²) in [4.78, 5) is 11.6. The average Bonchev–Trinajstić information content (AvgIpc) is 2.55. The van der Waals surface area contributed by atoms with Crippen LogP contribution in [0.15, 0.2) is 53.6 Å². The van der Waals surface area contributed by atoms with Crippen molar-refractivity contribution in [3.63, 3.8) is 0 Å². The van der Waals surface area contributed by atoms with Gasteiger partial charge in [-0.05, 0) is 30.2 Å². The highest BCUT2D eigenvalue weighted by Gasteiger charge is 2.02. The predicted molar refractivity (Wildman–Crippen MR) is 83.5 cm³/mol. The van der Waals surface area contributed by atoms with Crippen molar-refractivity contribution >= 4 is 12.1 Å². The van der Waals surface area contributed by atoms with Crippen LogP contribution in [0.4, 0.5) is 4.39 Å². The molecule has 0 bridgehead atoms. The van der Waals surface area contributed by atoms with Crippen LogP contribution in [-0.4, -0.2) is 18.7 Å². The van der Waals surface area contributed by atoms with Crippen molar-refractivity contribution in [1.82, 2.24) is 5.43 Å². The number of carbonyl (C=O) groups is 1. The highest BCUT2D eigenvalue weighted by molar-refractivity contribution is 5.83. The number of nitrogens with zero attached hydrogens (tertiary/aromatic N) is 1. The van der Waals surface area contributed by atoms with Gasteiger partial charge in [0.25, 0.3) is 5.91 Å². The van der Waals surface area contributed by atoms with Crippen molar-refractivity contribution in [2.24, 2.45) is 5.10 Å². The lowest BCUT2D eigenvalue weighted by molar-refractivity contribution is -0.123. The Kier molecular flexibility index (Phi) is 5.65. The lowest BCUT2D eigenvalue weighted by Crippen LogP contribution is -2.24. The second-order valence-electron chi connectivity index (χ2n) is 4.60. The number of amides is 1. The van der Waals surface area contributed by atoms with Crippen molar-refractivity contribution in [2.75, 3.05) is 6.61 Å². The first-order valence-electron chi connectivity index (χ1n) is 6.97. The second-order valence-corrected chi connectivity index (χ2v) is 4.60. The van der Waals surface area contributed by atoms with Gasteiger partial charge < -0.3 is 4.74 Å². The van der Waals surface area contributed by atoms with E-state index in [2.05, 4.69) is 17.5 Å². The van der Waals surface area contributed by atoms with E-state index in [9.17, 15) is 9.18 Å². The molecule has 2 aromatic rings. The molecule has 0 aliphatic heterocycles. The Bertz CT molecular complexity index is 654. The van der Waals surface area contributed by atoms with E-state index in [4.69, 9.17) is 4.74 Å². The molecule has 0 aliphatic rings. The zero-order chi connectivity index (χ0) is 15.8. The predicted octanol–water partition coefficient (Wildman–Crippen LogP) is 2.92. The van der Waals surface area contributed by atoms with Crippen molar-refractivity contribution in [1.29, 1.82) is 0 Å². The van der Waals surface area contributed by atoms with Gasteiger partial charge in [-0.2, -0.15) is 5.10 Å². The quantitative estimate of drug-likeness (QED) is 0.659. The number of hydrogen-bond donors (Lipinski definition) is 1. The summed E-state index contributed by atoms with van der Waals surface area (Å²) in [5.41, 5.74) is 3.79. The minimum atomic E-state index is -0.410. The molecule has 22 heavy (non-hydrogen) atoms. The molecule has 0 aromatic heterocycles. The van der Waals surface area contributed by atoms with Gasteiger partial charge >= 0.3 is 0 Å². The maximum atomic E-state index is 13.3. The molecule has 1 amide bonds. The Balaban J connectivity index is 1.79. The normalized spacial score (nSPS) is 10.6. The fourth-order valence-electron chi connectivity index (χ4n) is 1.76. The van der Waals surface area contributed by atoms with E-state index in [1.54, 1.807) is 18.2 Å². The fraction of sp³-hybridized carbons (Fsp3) is 0.176. The number of hydrazone groups is 1. The van der Waals surface area contributed by atoms with Gasteiger partial charge in [-0.15, -0.1) is 0 Å². The third-order valence-electron chi connectivity index (χ3n) is 3.00. The maximum absolute atomic E-state index is 13.3. The van der Waals surface area contributed by atoms with Crippen molar-refractivity contribution in [2.45, 2.75) is 13.3 Å². The van der Waals surface area contributed by atoms with Crippen molar-refractivity contribution in [3.05, 3.63) is 65.5 Å². The molecule has 0 radical (unpaired) electrons. The summed E-state index contributed by atoms with van der Waals surface area (Å²) in [6.45, 7) is 1.91. The molecule has 0 saturated heterocycles. The van der Waals surface area contributed by atoms with Crippen LogP contribution < -0.4 is 10.2 Å². The Labute approximate surface area is 128 Å². The molecule has 0 fully saturated rings. The zero-order valence-electron chi connectivity index (χ0n) is 12.3. The Morgan fingerprint density at radius 2 is 1.95 bits per heavy atom. The van der Waals surface area contributed by atoms with Crippen molar-refractivity contribution < 1.29 is 13.9 Å². The molecular formula is C17H17FN2O2. The topological polar surface area (TPSA) is 50.7 Å². The van der Waals surface area contributed by atoms with E-state index in [1.807, 2.05) is 24.3 Å². The van der Waals surface area contributed by atoms with Gasteiger partial charge in [0.15, 0.2) is 6.61 Å². The standard InChI is InChI=1S/C17H17FN2O2/c1-2-13-7-9-15(10-8-13)22-12-17(21)20-19-11-14-5-3-4-6-16(14)18/h3-11H,2,12H2,1H3,(H,20,21)/b19-11-. The summed E-state index contributed by atoms with van der Waals surface area (Å²) in [5.74, 6) is -0.189. The second kappa shape index (κ2) is 7.93. The van der Waals surface area contributed by atoms with Crippen LogP contribution in [0.25, 0.3) is 0 Å². The van der Waals surface area contributed by atoms with Gasteiger partial charge in [0.1, 0.15) is 11.6 Å². The molecular weight excluding hydrogens is 283 g/mol. The molecule has 1 N–H and O–H groups in total. The molecule has 5 heteroatoms. The molecule has 0 unspecified atom stereocenters. The molecule has 0 spiro atoms. The Morgan fingerprint density at radius 3 is 2.64 bits per heavy atom. The highest BCUT2D eigenvalue weighted by atomic mass is 19.1. The van der Waals surface area contributed by atoms with Crippen LogP contribution in [0.1, 0.15) is 18.1 Å². The lowest BCUT2D eigenvalue weighted by atomic mass is 10.2. The zero-order valence-corrected chi connectivity index (χ0v) is 12.3. The van der Waals surface area contributed by atoms with Crippen LogP contribution >= 0.6 is 0 Å². The van der Waals surface area contributed by atoms with E-state index >= 15 is 0 Å². The molecule has 4 nitrogen and oxygen atoms in total. The van der Waals surface area contributed by atoms with Gasteiger partial charge in [0.2, 0.25) is 0 Å². The number of halogens is 1. The third kappa shape index (κ3) is 4.70. The van der Waals surface area contributed by atoms with Crippen molar-refractivity contribution in [3.8, 4) is 5.75 Å². The highest BCUT2D eigenvalue weighted by Crippen LogP contribution is 2.12. The smallest absolute Gasteiger partial charge is 0.277 e. The van der Waals surface area contributed by atoms with Crippen LogP contribution in [-0.2, 0) is 11.2 Å². The number of benzene rings is 2. The number of hydrogen-bond acceptors (Lipinski definition) is 3. The average molecular weight is 300 g/mol. The van der Waals surface area contributed by atoms with Gasteiger partial charge in [0.05, 0.1) is 6.21 Å². The van der Waals surface area contributed by atoms with Crippen LogP contribution in [0, 0.1) is 5.82 Å². The van der Waals surface area contributed by atoms with Crippen LogP contribution in [0.2, 0.25) is 0 Å². The van der Waals surface area contributed by atoms with E-state index in [0.29, 0.717) is 11.3 Å². The first-order valence-corrected chi connectivity index (χ1v) is 6.97. The minimum Gasteiger partial charge on any atom is -0.484 e. The molecule has 114 valence electrons. The Hall–Kier alpha value is -2.69. The first-order chi connectivity index (χ1) is 10.7. The van der Waals surface area contributed by atoms with Gasteiger partial charge in [-0.25, -0.2) is 9.82 Å². The summed E-state index contributed by atoms with van der Waals surface area (Å²) in [7, 11) is 0. The number of nitrogens with one attached hydrogen (secondary N) is 1. The molecule has 0 heterocycles. The summed E-state index contributed by atoms with van der Waals surface area (Å²) in [6.07, 6.45) is 2.20. The van der Waals surface area contributed by atoms with Gasteiger partial charge in [-0.1, -0.05) is 37.3 Å². The molecule has 2 rings (SSSR count). The van der Waals surface area contributed by atoms with Crippen LogP contribution in [0.5, 0.6) is 5.75 Å². The minimum absolute atomic E-state index is 0.153. The third-order valence-corrected chi connectivity index (χ3v) is 3.00. The molecule has 0 aliphatic carbocycles. The number of carbonyl (C=O) groups excluding carboxylic acids is 1. The first kappa shape index (κ1) is 15.7. The summed E-state index contributed by atoms with van der Waals surface area (Å²) in [6, 6.07) is 13.7. The number of rotatable bonds is 6. The van der Waals surface area contributed by atoms with E-state index < -0.39 is 11.7 Å². The molecule has 0 atom stereocenters. The molecule has 2 aromatic carbocycles. The van der Waals surface area contributed by atoms with Crippen LogP contribution in [0.3, 0.4) is 0 Å². The maximum Gasteiger partial charge on any atom is 0.277 e. The largest absolute Gasteiger partial charge is 0.484 e. The lowest BCUT2D eigenvalue weighted by Gasteiger charge is -2.05. The monoisotopic (exact) mass is 300 g/mol. The SMILES string of the molecule is CCc1ccc(OCC(=O)N/N=C\c2ccccc2F)cc1. The van der Waals surface area contributed by atoms with Gasteiger partial charge in [-0.3, -0.25) is 4.79 Å². The summed E-state index contributed by atoms with van der Waals surface area (Å²) >= 11 is 0. The van der Waals surface area contributed by atoms with Gasteiger partial charge in [0, 0.05) is 5.56 Å². The van der Waals surface area contributed by atoms with E-state index in [1.165, 1.54) is 17.8 Å².